The van der Waals surface area contributed by atoms with Gasteiger partial charge < -0.3 is 15.2 Å². The lowest BCUT2D eigenvalue weighted by atomic mass is 9.96. The molecule has 6 nitrogen and oxygen atoms in total. The van der Waals surface area contributed by atoms with E-state index < -0.39 is 12.1 Å². The highest BCUT2D eigenvalue weighted by Crippen LogP contribution is 2.26. The number of imidazole rings is 1. The van der Waals surface area contributed by atoms with Crippen molar-refractivity contribution in [2.24, 2.45) is 5.73 Å². The highest BCUT2D eigenvalue weighted by molar-refractivity contribution is 9.10. The van der Waals surface area contributed by atoms with Gasteiger partial charge in [-0.05, 0) is 23.3 Å². The Morgan fingerprint density at radius 2 is 2.00 bits per heavy atom. The average Bonchev–Trinajstić information content (AvgIpc) is 3.03. The zero-order chi connectivity index (χ0) is 21.2. The fourth-order valence-corrected chi connectivity index (χ4v) is 3.52. The van der Waals surface area contributed by atoms with Crippen LogP contribution in [0.3, 0.4) is 0 Å². The summed E-state index contributed by atoms with van der Waals surface area (Å²) in [6.07, 6.45) is -1.08. The van der Waals surface area contributed by atoms with Crippen LogP contribution in [0.2, 0.25) is 0 Å². The molecular weight excluding hydrogens is 453 g/mol. The van der Waals surface area contributed by atoms with Gasteiger partial charge in [-0.25, -0.2) is 9.78 Å². The lowest BCUT2D eigenvalue weighted by Crippen LogP contribution is -2.36. The van der Waals surface area contributed by atoms with E-state index in [-0.39, 0.29) is 6.04 Å². The first-order valence-electron chi connectivity index (χ1n) is 8.62. The van der Waals surface area contributed by atoms with E-state index in [1.165, 1.54) is 16.8 Å². The molecule has 0 saturated heterocycles. The molecule has 0 bridgehead atoms. The van der Waals surface area contributed by atoms with Gasteiger partial charge in [-0.2, -0.15) is 13.2 Å². The van der Waals surface area contributed by atoms with E-state index in [4.69, 9.17) is 15.6 Å². The number of hydrogen-bond donors (Lipinski definition) is 2. The number of hydrogen-bond acceptors (Lipinski definition) is 4. The van der Waals surface area contributed by atoms with Gasteiger partial charge in [0.15, 0.2) is 0 Å². The summed E-state index contributed by atoms with van der Waals surface area (Å²) in [6, 6.07) is 12.6. The van der Waals surface area contributed by atoms with Gasteiger partial charge in [0.1, 0.15) is 5.65 Å². The second-order valence-corrected chi connectivity index (χ2v) is 7.52. The molecule has 154 valence electrons. The first kappa shape index (κ1) is 21.3. The molecule has 2 aromatic heterocycles. The molecule has 0 aliphatic carbocycles. The average molecular weight is 471 g/mol. The van der Waals surface area contributed by atoms with Gasteiger partial charge in [-0.1, -0.05) is 40.2 Å². The van der Waals surface area contributed by atoms with Crippen LogP contribution in [0.25, 0.3) is 5.65 Å². The van der Waals surface area contributed by atoms with Crippen molar-refractivity contribution in [3.8, 4) is 0 Å². The number of carboxylic acid groups (broad SMARTS) is 1. The summed E-state index contributed by atoms with van der Waals surface area (Å²) in [5, 5.41) is 7.12. The summed E-state index contributed by atoms with van der Waals surface area (Å²) in [4.78, 5) is 15.8. The first-order valence-corrected chi connectivity index (χ1v) is 9.42. The maximum Gasteiger partial charge on any atom is 0.490 e. The van der Waals surface area contributed by atoms with Crippen molar-refractivity contribution in [1.82, 2.24) is 14.3 Å². The molecule has 29 heavy (non-hydrogen) atoms. The van der Waals surface area contributed by atoms with Crippen LogP contribution in [-0.2, 0) is 17.9 Å². The summed E-state index contributed by atoms with van der Waals surface area (Å²) in [7, 11) is 0. The maximum absolute atomic E-state index is 10.6. The standard InChI is InChI=1S/C17H17BrN4.C2HF3O2/c18-13-5-6-22-14(8-20-17(22)7-13)10-21-9-12-3-1-2-4-15(12)16(19)11-21;3-2(4,5)1(6)7/h1-8,16H,9-11,19H2;(H,6,7). The molecule has 0 amide bonds. The number of benzene rings is 1. The second kappa shape index (κ2) is 8.52. The zero-order valence-corrected chi connectivity index (χ0v) is 16.7. The number of nitrogens with two attached hydrogens (primary N) is 1. The molecule has 1 atom stereocenters. The molecule has 3 N–H and O–H groups in total. The van der Waals surface area contributed by atoms with Crippen LogP contribution < -0.4 is 5.73 Å². The molecule has 0 saturated carbocycles. The van der Waals surface area contributed by atoms with E-state index in [2.05, 4.69) is 60.7 Å². The number of alkyl halides is 3. The van der Waals surface area contributed by atoms with Gasteiger partial charge in [-0.3, -0.25) is 4.90 Å². The predicted octanol–water partition coefficient (Wildman–Crippen LogP) is 3.75. The summed E-state index contributed by atoms with van der Waals surface area (Å²) in [5.74, 6) is -2.76. The number of carboxylic acids is 1. The number of halogens is 4. The third-order valence-electron chi connectivity index (χ3n) is 4.48. The Morgan fingerprint density at radius 1 is 1.31 bits per heavy atom. The van der Waals surface area contributed by atoms with E-state index in [1.54, 1.807) is 0 Å². The Bertz CT molecular complexity index is 1020. The minimum absolute atomic E-state index is 0.0817. The number of rotatable bonds is 2. The third kappa shape index (κ3) is 5.14. The molecule has 1 aliphatic heterocycles. The van der Waals surface area contributed by atoms with Crippen LogP contribution >= 0.6 is 15.9 Å². The molecule has 4 rings (SSSR count). The smallest absolute Gasteiger partial charge is 0.475 e. The molecule has 0 radical (unpaired) electrons. The fourth-order valence-electron chi connectivity index (χ4n) is 3.20. The molecule has 1 aromatic carbocycles. The van der Waals surface area contributed by atoms with Crippen molar-refractivity contribution in [2.45, 2.75) is 25.3 Å². The monoisotopic (exact) mass is 470 g/mol. The minimum atomic E-state index is -5.08. The lowest BCUT2D eigenvalue weighted by molar-refractivity contribution is -0.192. The van der Waals surface area contributed by atoms with E-state index in [1.807, 2.05) is 18.3 Å². The number of carbonyl (C=O) groups is 1. The fraction of sp³-hybridized carbons (Fsp3) is 0.263. The maximum atomic E-state index is 10.6. The van der Waals surface area contributed by atoms with E-state index in [9.17, 15) is 13.2 Å². The van der Waals surface area contributed by atoms with E-state index in [0.717, 1.165) is 29.8 Å². The number of aromatic nitrogens is 2. The largest absolute Gasteiger partial charge is 0.490 e. The Balaban J connectivity index is 0.000000298. The van der Waals surface area contributed by atoms with Crippen LogP contribution in [0.1, 0.15) is 22.9 Å². The van der Waals surface area contributed by atoms with Gasteiger partial charge in [0.05, 0.1) is 11.9 Å². The van der Waals surface area contributed by atoms with E-state index in [0.29, 0.717) is 0 Å². The summed E-state index contributed by atoms with van der Waals surface area (Å²) >= 11 is 3.49. The van der Waals surface area contributed by atoms with Crippen molar-refractivity contribution in [1.29, 1.82) is 0 Å². The van der Waals surface area contributed by atoms with Crippen molar-refractivity contribution in [2.75, 3.05) is 6.54 Å². The summed E-state index contributed by atoms with van der Waals surface area (Å²) in [5.41, 5.74) is 11.1. The highest BCUT2D eigenvalue weighted by Gasteiger charge is 2.38. The van der Waals surface area contributed by atoms with Crippen molar-refractivity contribution >= 4 is 27.5 Å². The van der Waals surface area contributed by atoms with Crippen LogP contribution in [0.5, 0.6) is 0 Å². The number of fused-ring (bicyclic) bond motifs is 2. The topological polar surface area (TPSA) is 83.9 Å². The summed E-state index contributed by atoms with van der Waals surface area (Å²) < 4.78 is 34.9. The SMILES string of the molecule is NC1CN(Cc2cnc3cc(Br)ccn23)Cc2ccccc21.O=C(O)C(F)(F)F. The molecule has 10 heteroatoms. The van der Waals surface area contributed by atoms with Crippen LogP contribution in [0, 0.1) is 0 Å². The molecule has 0 spiro atoms. The van der Waals surface area contributed by atoms with Crippen LogP contribution in [-0.4, -0.2) is 38.1 Å². The molecule has 0 fully saturated rings. The van der Waals surface area contributed by atoms with Crippen molar-refractivity contribution in [3.63, 3.8) is 0 Å². The predicted molar refractivity (Wildman–Crippen MR) is 104 cm³/mol. The van der Waals surface area contributed by atoms with Gasteiger partial charge in [0, 0.05) is 36.3 Å². The molecule has 1 aliphatic rings. The number of aliphatic carboxylic acids is 1. The van der Waals surface area contributed by atoms with Gasteiger partial charge in [0.2, 0.25) is 0 Å². The molecule has 3 heterocycles. The van der Waals surface area contributed by atoms with Gasteiger partial charge in [-0.15, -0.1) is 0 Å². The molecule has 1 unspecified atom stereocenters. The Kier molecular flexibility index (Phi) is 6.25. The van der Waals surface area contributed by atoms with Crippen LogP contribution in [0.15, 0.2) is 53.3 Å². The quantitative estimate of drug-likeness (QED) is 0.595. The summed E-state index contributed by atoms with van der Waals surface area (Å²) in [6.45, 7) is 2.67. The van der Waals surface area contributed by atoms with Gasteiger partial charge >= 0.3 is 12.1 Å². The number of pyridine rings is 1. The van der Waals surface area contributed by atoms with Crippen molar-refractivity contribution < 1.29 is 23.1 Å². The van der Waals surface area contributed by atoms with Crippen molar-refractivity contribution in [3.05, 3.63) is 70.1 Å². The second-order valence-electron chi connectivity index (χ2n) is 6.60. The Morgan fingerprint density at radius 3 is 2.69 bits per heavy atom. The van der Waals surface area contributed by atoms with E-state index >= 15 is 0 Å². The number of nitrogens with zero attached hydrogens (tertiary/aromatic N) is 3. The highest BCUT2D eigenvalue weighted by atomic mass is 79.9. The van der Waals surface area contributed by atoms with Crippen LogP contribution in [0.4, 0.5) is 13.2 Å². The minimum Gasteiger partial charge on any atom is -0.475 e. The molecule has 3 aromatic rings. The lowest BCUT2D eigenvalue weighted by Gasteiger charge is -2.32. The Hall–Kier alpha value is -2.43. The Labute approximate surface area is 172 Å². The normalized spacial score (nSPS) is 16.8. The zero-order valence-electron chi connectivity index (χ0n) is 15.1. The van der Waals surface area contributed by atoms with Gasteiger partial charge in [0.25, 0.3) is 0 Å². The third-order valence-corrected chi connectivity index (χ3v) is 4.98. The first-order chi connectivity index (χ1) is 13.6. The molecular formula is C19H18BrF3N4O2.